The molecule has 1 aromatic carbocycles. The number of hydrogen-bond donors (Lipinski definition) is 2. The Kier molecular flexibility index (Phi) is 4.37. The van der Waals surface area contributed by atoms with Gasteiger partial charge in [-0.05, 0) is 23.1 Å². The van der Waals surface area contributed by atoms with Crippen LogP contribution in [0.5, 0.6) is 0 Å². The zero-order chi connectivity index (χ0) is 15.5. The number of benzene rings is 1. The fourth-order valence-electron chi connectivity index (χ4n) is 1.89. The van der Waals surface area contributed by atoms with Crippen molar-refractivity contribution in [1.82, 2.24) is 15.0 Å². The zero-order valence-corrected chi connectivity index (χ0v) is 12.5. The number of aliphatic hydroxyl groups excluding tert-OH is 1. The molecule has 21 heavy (non-hydrogen) atoms. The van der Waals surface area contributed by atoms with E-state index in [-0.39, 0.29) is 24.5 Å². The van der Waals surface area contributed by atoms with Crippen LogP contribution in [0.2, 0.25) is 0 Å². The van der Waals surface area contributed by atoms with Crippen molar-refractivity contribution in [2.75, 3.05) is 5.32 Å². The number of nitrogens with one attached hydrogen (secondary N) is 1. The third kappa shape index (κ3) is 4.13. The maximum absolute atomic E-state index is 11.9. The van der Waals surface area contributed by atoms with Gasteiger partial charge < -0.3 is 10.4 Å². The van der Waals surface area contributed by atoms with Crippen LogP contribution in [0.3, 0.4) is 0 Å². The van der Waals surface area contributed by atoms with E-state index in [2.05, 4.69) is 36.4 Å². The van der Waals surface area contributed by atoms with Gasteiger partial charge in [-0.3, -0.25) is 4.79 Å². The number of anilines is 1. The molecule has 2 N–H and O–H groups in total. The van der Waals surface area contributed by atoms with E-state index in [0.29, 0.717) is 5.69 Å². The molecule has 1 amide bonds. The Morgan fingerprint density at radius 3 is 2.48 bits per heavy atom. The normalized spacial score (nSPS) is 11.4. The van der Waals surface area contributed by atoms with Crippen LogP contribution in [0.25, 0.3) is 0 Å². The molecule has 112 valence electrons. The maximum atomic E-state index is 11.9. The number of aromatic nitrogens is 3. The Morgan fingerprint density at radius 1 is 1.29 bits per heavy atom. The van der Waals surface area contributed by atoms with Crippen molar-refractivity contribution < 1.29 is 9.90 Å². The van der Waals surface area contributed by atoms with Gasteiger partial charge in [0, 0.05) is 5.69 Å². The van der Waals surface area contributed by atoms with E-state index < -0.39 is 0 Å². The van der Waals surface area contributed by atoms with E-state index in [0.717, 1.165) is 5.69 Å². The number of amides is 1. The second-order valence-electron chi connectivity index (χ2n) is 5.94. The number of carbonyl (C=O) groups excluding carboxylic acids is 1. The fourth-order valence-corrected chi connectivity index (χ4v) is 1.89. The lowest BCUT2D eigenvalue weighted by atomic mass is 9.87. The quantitative estimate of drug-likeness (QED) is 0.897. The molecule has 2 aromatic rings. The Labute approximate surface area is 123 Å². The summed E-state index contributed by atoms with van der Waals surface area (Å²) in [6, 6.07) is 7.79. The van der Waals surface area contributed by atoms with E-state index in [1.165, 1.54) is 10.2 Å². The smallest absolute Gasteiger partial charge is 0.246 e. The molecular formula is C15H20N4O2. The average Bonchev–Trinajstić information content (AvgIpc) is 2.85. The predicted molar refractivity (Wildman–Crippen MR) is 79.7 cm³/mol. The molecule has 0 saturated carbocycles. The number of hydrogen-bond acceptors (Lipinski definition) is 4. The molecule has 6 nitrogen and oxygen atoms in total. The van der Waals surface area contributed by atoms with E-state index in [1.54, 1.807) is 6.20 Å². The number of aliphatic hydroxyl groups is 1. The van der Waals surface area contributed by atoms with Gasteiger partial charge in [0.1, 0.15) is 12.2 Å². The van der Waals surface area contributed by atoms with Crippen molar-refractivity contribution in [3.8, 4) is 0 Å². The predicted octanol–water partition coefficient (Wildman–Crippen LogP) is 1.71. The minimum Gasteiger partial charge on any atom is -0.390 e. The first-order valence-electron chi connectivity index (χ1n) is 6.79. The summed E-state index contributed by atoms with van der Waals surface area (Å²) in [5.41, 5.74) is 2.49. The summed E-state index contributed by atoms with van der Waals surface area (Å²) >= 11 is 0. The first kappa shape index (κ1) is 15.2. The molecule has 0 saturated heterocycles. The second-order valence-corrected chi connectivity index (χ2v) is 5.94. The molecule has 0 fully saturated rings. The van der Waals surface area contributed by atoms with E-state index >= 15 is 0 Å². The molecule has 0 aliphatic rings. The topological polar surface area (TPSA) is 80.0 Å². The van der Waals surface area contributed by atoms with Gasteiger partial charge in [-0.1, -0.05) is 38.1 Å². The Hall–Kier alpha value is -2.21. The van der Waals surface area contributed by atoms with Crippen molar-refractivity contribution >= 4 is 11.6 Å². The molecule has 0 spiro atoms. The van der Waals surface area contributed by atoms with Crippen LogP contribution in [-0.2, 0) is 23.4 Å². The maximum Gasteiger partial charge on any atom is 0.246 e. The summed E-state index contributed by atoms with van der Waals surface area (Å²) in [5, 5.41) is 19.2. The van der Waals surface area contributed by atoms with Crippen LogP contribution in [0.4, 0.5) is 5.69 Å². The largest absolute Gasteiger partial charge is 0.390 e. The number of rotatable bonds is 4. The van der Waals surface area contributed by atoms with Crippen LogP contribution >= 0.6 is 0 Å². The Balaban J connectivity index is 1.96. The molecular weight excluding hydrogens is 268 g/mol. The molecule has 2 rings (SSSR count). The van der Waals surface area contributed by atoms with Gasteiger partial charge in [0.25, 0.3) is 0 Å². The van der Waals surface area contributed by atoms with Gasteiger partial charge in [0.2, 0.25) is 5.91 Å². The summed E-state index contributed by atoms with van der Waals surface area (Å²) in [4.78, 5) is 11.9. The van der Waals surface area contributed by atoms with Crippen molar-refractivity contribution in [2.45, 2.75) is 39.3 Å². The fraction of sp³-hybridized carbons (Fsp3) is 0.400. The molecule has 0 radical (unpaired) electrons. The lowest BCUT2D eigenvalue weighted by Gasteiger charge is -2.19. The highest BCUT2D eigenvalue weighted by Gasteiger charge is 2.13. The lowest BCUT2D eigenvalue weighted by Crippen LogP contribution is -2.19. The summed E-state index contributed by atoms with van der Waals surface area (Å²) < 4.78 is 1.39. The molecule has 0 unspecified atom stereocenters. The summed E-state index contributed by atoms with van der Waals surface area (Å²) in [7, 11) is 0. The van der Waals surface area contributed by atoms with Gasteiger partial charge in [0.15, 0.2) is 0 Å². The van der Waals surface area contributed by atoms with Gasteiger partial charge in [-0.25, -0.2) is 4.68 Å². The van der Waals surface area contributed by atoms with E-state index in [9.17, 15) is 4.79 Å². The molecule has 0 bridgehead atoms. The Morgan fingerprint density at radius 2 is 1.95 bits per heavy atom. The van der Waals surface area contributed by atoms with Crippen molar-refractivity contribution in [3.05, 3.63) is 41.7 Å². The third-order valence-corrected chi connectivity index (χ3v) is 3.09. The highest BCUT2D eigenvalue weighted by molar-refractivity contribution is 5.90. The molecule has 0 aliphatic carbocycles. The lowest BCUT2D eigenvalue weighted by molar-refractivity contribution is -0.116. The standard InChI is InChI=1S/C15H20N4O2/c1-15(2,3)11-4-6-12(7-5-11)16-14(21)9-19-8-13(10-20)17-18-19/h4-8,20H,9-10H2,1-3H3,(H,16,21). The van der Waals surface area contributed by atoms with Crippen LogP contribution in [0.1, 0.15) is 32.0 Å². The molecule has 0 atom stereocenters. The van der Waals surface area contributed by atoms with Crippen LogP contribution in [0.15, 0.2) is 30.5 Å². The number of nitrogens with zero attached hydrogens (tertiary/aromatic N) is 3. The van der Waals surface area contributed by atoms with Gasteiger partial charge in [-0.2, -0.15) is 0 Å². The van der Waals surface area contributed by atoms with Crippen LogP contribution in [-0.4, -0.2) is 26.0 Å². The number of carbonyl (C=O) groups is 1. The van der Waals surface area contributed by atoms with Crippen molar-refractivity contribution in [1.29, 1.82) is 0 Å². The van der Waals surface area contributed by atoms with Crippen LogP contribution in [0, 0.1) is 0 Å². The molecule has 1 heterocycles. The third-order valence-electron chi connectivity index (χ3n) is 3.09. The first-order chi connectivity index (χ1) is 9.88. The monoisotopic (exact) mass is 288 g/mol. The Bertz CT molecular complexity index is 611. The van der Waals surface area contributed by atoms with Crippen molar-refractivity contribution in [3.63, 3.8) is 0 Å². The van der Waals surface area contributed by atoms with Gasteiger partial charge in [0.05, 0.1) is 12.8 Å². The highest BCUT2D eigenvalue weighted by atomic mass is 16.3. The summed E-state index contributed by atoms with van der Waals surface area (Å²) in [5.74, 6) is -0.187. The molecule has 0 aliphatic heterocycles. The van der Waals surface area contributed by atoms with Gasteiger partial charge in [-0.15, -0.1) is 5.10 Å². The minimum absolute atomic E-state index is 0.0635. The van der Waals surface area contributed by atoms with Crippen LogP contribution < -0.4 is 5.32 Å². The van der Waals surface area contributed by atoms with E-state index in [1.807, 2.05) is 24.3 Å². The summed E-state index contributed by atoms with van der Waals surface area (Å²) in [6.07, 6.45) is 1.54. The average molecular weight is 288 g/mol. The minimum atomic E-state index is -0.187. The highest BCUT2D eigenvalue weighted by Crippen LogP contribution is 2.23. The van der Waals surface area contributed by atoms with Gasteiger partial charge >= 0.3 is 0 Å². The SMILES string of the molecule is CC(C)(C)c1ccc(NC(=O)Cn2cc(CO)nn2)cc1. The van der Waals surface area contributed by atoms with E-state index in [4.69, 9.17) is 5.11 Å². The molecule has 6 heteroatoms. The van der Waals surface area contributed by atoms with Crippen molar-refractivity contribution in [2.24, 2.45) is 0 Å². The first-order valence-corrected chi connectivity index (χ1v) is 6.79. The second kappa shape index (κ2) is 6.05. The molecule has 1 aromatic heterocycles. The summed E-state index contributed by atoms with van der Waals surface area (Å²) in [6.45, 7) is 6.31. The zero-order valence-electron chi connectivity index (χ0n) is 12.5.